The van der Waals surface area contributed by atoms with Crippen LogP contribution in [0.15, 0.2) is 66.7 Å². The first-order chi connectivity index (χ1) is 18.0. The Morgan fingerprint density at radius 1 is 1.00 bits per heavy atom. The first-order valence-corrected chi connectivity index (χ1v) is 13.4. The number of carbonyl (C=O) groups is 3. The van der Waals surface area contributed by atoms with Gasteiger partial charge in [-0.3, -0.25) is 14.4 Å². The van der Waals surface area contributed by atoms with E-state index in [2.05, 4.69) is 10.6 Å². The van der Waals surface area contributed by atoms with Gasteiger partial charge in [0.1, 0.15) is 11.6 Å². The largest absolute Gasteiger partial charge is 0.359 e. The van der Waals surface area contributed by atoms with Crippen LogP contribution in [0.25, 0.3) is 0 Å². The van der Waals surface area contributed by atoms with Crippen LogP contribution < -0.4 is 10.6 Å². The van der Waals surface area contributed by atoms with E-state index in [0.717, 1.165) is 31.2 Å². The molecule has 3 amide bonds. The molecule has 2 aromatic rings. The minimum atomic E-state index is -1.17. The number of halogens is 1. The minimum Gasteiger partial charge on any atom is -0.359 e. The summed E-state index contributed by atoms with van der Waals surface area (Å²) in [6, 6.07) is 15.7. The number of anilines is 1. The highest BCUT2D eigenvalue weighted by Crippen LogP contribution is 2.55. The van der Waals surface area contributed by atoms with Crippen LogP contribution in [0, 0.1) is 11.8 Å². The third-order valence-electron chi connectivity index (χ3n) is 8.18. The van der Waals surface area contributed by atoms with E-state index >= 15 is 0 Å². The molecule has 0 aromatic heterocycles. The Kier molecular flexibility index (Phi) is 6.29. The van der Waals surface area contributed by atoms with E-state index in [1.807, 2.05) is 42.5 Å². The van der Waals surface area contributed by atoms with E-state index in [9.17, 15) is 14.4 Å². The highest BCUT2D eigenvalue weighted by atomic mass is 35.5. The van der Waals surface area contributed by atoms with Crippen molar-refractivity contribution in [3.05, 3.63) is 77.3 Å². The lowest BCUT2D eigenvalue weighted by Gasteiger charge is -2.34. The molecule has 8 heteroatoms. The zero-order valence-electron chi connectivity index (χ0n) is 20.4. The van der Waals surface area contributed by atoms with Gasteiger partial charge in [0.25, 0.3) is 0 Å². The Labute approximate surface area is 221 Å². The molecule has 7 nitrogen and oxygen atoms in total. The number of nitrogens with zero attached hydrogens (tertiary/aromatic N) is 1. The number of hydrogen-bond donors (Lipinski definition) is 2. The van der Waals surface area contributed by atoms with Crippen molar-refractivity contribution in [3.8, 4) is 0 Å². The second-order valence-corrected chi connectivity index (χ2v) is 10.9. The topological polar surface area (TPSA) is 87.7 Å². The van der Waals surface area contributed by atoms with Gasteiger partial charge < -0.3 is 20.3 Å². The molecule has 5 atom stereocenters. The smallest absolute Gasteiger partial charge is 0.246 e. The third kappa shape index (κ3) is 4.24. The van der Waals surface area contributed by atoms with Gasteiger partial charge in [-0.2, -0.15) is 0 Å². The van der Waals surface area contributed by atoms with Gasteiger partial charge in [-0.15, -0.1) is 0 Å². The lowest BCUT2D eigenvalue weighted by Crippen LogP contribution is -2.56. The van der Waals surface area contributed by atoms with Gasteiger partial charge in [-0.25, -0.2) is 0 Å². The number of rotatable bonds is 6. The predicted octanol–water partition coefficient (Wildman–Crippen LogP) is 4.08. The molecule has 3 fully saturated rings. The Bertz CT molecular complexity index is 1230. The summed E-state index contributed by atoms with van der Waals surface area (Å²) in [7, 11) is 0. The average Bonchev–Trinajstić information content (AvgIpc) is 3.54. The second kappa shape index (κ2) is 9.62. The van der Waals surface area contributed by atoms with Crippen LogP contribution in [0.2, 0.25) is 5.02 Å². The Balaban J connectivity index is 1.32. The number of hydrogen-bond acceptors (Lipinski definition) is 4. The molecule has 37 heavy (non-hydrogen) atoms. The summed E-state index contributed by atoms with van der Waals surface area (Å²) in [5.74, 6) is -2.25. The Hall–Kier alpha value is -3.16. The molecule has 3 unspecified atom stereocenters. The van der Waals surface area contributed by atoms with Crippen LogP contribution >= 0.6 is 11.6 Å². The number of fused-ring (bicyclic) bond motifs is 1. The number of nitrogens with one attached hydrogen (secondary N) is 2. The highest BCUT2D eigenvalue weighted by Gasteiger charge is 2.72. The molecule has 0 radical (unpaired) electrons. The van der Waals surface area contributed by atoms with E-state index < -0.39 is 29.6 Å². The average molecular weight is 520 g/mol. The summed E-state index contributed by atoms with van der Waals surface area (Å²) in [4.78, 5) is 43.0. The van der Waals surface area contributed by atoms with Crippen LogP contribution in [0.3, 0.4) is 0 Å². The molecule has 6 rings (SSSR count). The lowest BCUT2D eigenvalue weighted by molar-refractivity contribution is -0.142. The monoisotopic (exact) mass is 519 g/mol. The van der Waals surface area contributed by atoms with Crippen molar-refractivity contribution in [2.24, 2.45) is 11.8 Å². The van der Waals surface area contributed by atoms with Crippen molar-refractivity contribution in [3.63, 3.8) is 0 Å². The molecule has 192 valence electrons. The van der Waals surface area contributed by atoms with E-state index in [1.165, 1.54) is 6.42 Å². The molecule has 2 bridgehead atoms. The standard InChI is InChI=1S/C29H30ClN3O4/c30-19-11-13-21(14-12-19)31-26(34)23-22-15-16-29(37-22)24(23)28(36)33(17-18-7-3-1-4-8-18)25(29)27(35)32-20-9-5-2-6-10-20/h1,3-4,7-8,11-16,20,22-25H,2,5-6,9-10,17H2,(H,31,34)(H,32,35)/t22-,23?,24-,25?,29?/m1/s1. The second-order valence-electron chi connectivity index (χ2n) is 10.5. The number of carbonyl (C=O) groups excluding carboxylic acids is 3. The predicted molar refractivity (Wildman–Crippen MR) is 140 cm³/mol. The van der Waals surface area contributed by atoms with Crippen molar-refractivity contribution < 1.29 is 19.1 Å². The van der Waals surface area contributed by atoms with Crippen molar-refractivity contribution >= 4 is 35.0 Å². The lowest BCUT2D eigenvalue weighted by atomic mass is 9.74. The molecule has 4 aliphatic rings. The molecular formula is C29H30ClN3O4. The summed E-state index contributed by atoms with van der Waals surface area (Å²) in [5.41, 5.74) is 0.342. The first kappa shape index (κ1) is 24.2. The normalized spacial score (nSPS) is 30.4. The maximum absolute atomic E-state index is 14.0. The summed E-state index contributed by atoms with van der Waals surface area (Å²) < 4.78 is 6.42. The van der Waals surface area contributed by atoms with Crippen molar-refractivity contribution in [1.29, 1.82) is 0 Å². The number of benzene rings is 2. The van der Waals surface area contributed by atoms with Gasteiger partial charge in [-0.1, -0.05) is 73.3 Å². The zero-order chi connectivity index (χ0) is 25.6. The molecular weight excluding hydrogens is 490 g/mol. The molecule has 3 heterocycles. The summed E-state index contributed by atoms with van der Waals surface area (Å²) in [5, 5.41) is 6.70. The molecule has 1 spiro atoms. The van der Waals surface area contributed by atoms with Gasteiger partial charge in [0.05, 0.1) is 17.9 Å². The van der Waals surface area contributed by atoms with Crippen LogP contribution in [0.1, 0.15) is 37.7 Å². The SMILES string of the molecule is O=C(Nc1ccc(Cl)cc1)C1[C@H]2C=CC3(O2)C(C(=O)NC2CCCCC2)N(Cc2ccccc2)C(=O)[C@@H]13. The molecule has 1 saturated carbocycles. The summed E-state index contributed by atoms with van der Waals surface area (Å²) in [6.07, 6.45) is 8.34. The fourth-order valence-electron chi connectivity index (χ4n) is 6.50. The van der Waals surface area contributed by atoms with Crippen LogP contribution in [0.4, 0.5) is 5.69 Å². The van der Waals surface area contributed by atoms with Gasteiger partial charge >= 0.3 is 0 Å². The van der Waals surface area contributed by atoms with Crippen LogP contribution in [-0.4, -0.2) is 46.4 Å². The maximum Gasteiger partial charge on any atom is 0.246 e. The molecule has 2 aromatic carbocycles. The summed E-state index contributed by atoms with van der Waals surface area (Å²) >= 11 is 5.99. The van der Waals surface area contributed by atoms with E-state index in [1.54, 1.807) is 29.2 Å². The van der Waals surface area contributed by atoms with Gasteiger partial charge in [-0.05, 0) is 42.7 Å². The maximum atomic E-state index is 14.0. The van der Waals surface area contributed by atoms with Crippen molar-refractivity contribution in [2.75, 3.05) is 5.32 Å². The van der Waals surface area contributed by atoms with Gasteiger partial charge in [0.2, 0.25) is 17.7 Å². The van der Waals surface area contributed by atoms with Crippen molar-refractivity contribution in [2.45, 2.75) is 62.4 Å². The number of amides is 3. The van der Waals surface area contributed by atoms with Gasteiger partial charge in [0, 0.05) is 23.3 Å². The fraction of sp³-hybridized carbons (Fsp3) is 0.414. The van der Waals surface area contributed by atoms with E-state index in [-0.39, 0.29) is 30.3 Å². The Morgan fingerprint density at radius 3 is 2.46 bits per heavy atom. The van der Waals surface area contributed by atoms with E-state index in [0.29, 0.717) is 10.7 Å². The van der Waals surface area contributed by atoms with Gasteiger partial charge in [0.15, 0.2) is 0 Å². The number of likely N-dealkylation sites (tertiary alicyclic amines) is 1. The molecule has 2 saturated heterocycles. The third-order valence-corrected chi connectivity index (χ3v) is 8.44. The highest BCUT2D eigenvalue weighted by molar-refractivity contribution is 6.30. The first-order valence-electron chi connectivity index (χ1n) is 13.0. The quantitative estimate of drug-likeness (QED) is 0.563. The molecule has 3 aliphatic heterocycles. The molecule has 2 N–H and O–H groups in total. The minimum absolute atomic E-state index is 0.0944. The molecule has 1 aliphatic carbocycles. The van der Waals surface area contributed by atoms with Crippen LogP contribution in [-0.2, 0) is 25.7 Å². The zero-order valence-corrected chi connectivity index (χ0v) is 21.2. The van der Waals surface area contributed by atoms with Crippen LogP contribution in [0.5, 0.6) is 0 Å². The van der Waals surface area contributed by atoms with E-state index in [4.69, 9.17) is 16.3 Å². The Morgan fingerprint density at radius 2 is 1.73 bits per heavy atom. The summed E-state index contributed by atoms with van der Waals surface area (Å²) in [6.45, 7) is 0.272. The van der Waals surface area contributed by atoms with Crippen molar-refractivity contribution in [1.82, 2.24) is 10.2 Å². The fourth-order valence-corrected chi connectivity index (χ4v) is 6.63. The number of ether oxygens (including phenoxy) is 1.